The van der Waals surface area contributed by atoms with E-state index in [1.807, 2.05) is 17.5 Å². The van der Waals surface area contributed by atoms with Crippen LogP contribution in [0, 0.1) is 0 Å². The molecule has 2 heterocycles. The molecule has 122 valence electrons. The van der Waals surface area contributed by atoms with Crippen molar-refractivity contribution in [2.45, 2.75) is 5.03 Å². The Morgan fingerprint density at radius 2 is 2.08 bits per heavy atom. The molecule has 24 heavy (non-hydrogen) atoms. The van der Waals surface area contributed by atoms with Gasteiger partial charge in [-0.2, -0.15) is 0 Å². The molecule has 0 aliphatic carbocycles. The van der Waals surface area contributed by atoms with Crippen LogP contribution in [-0.4, -0.2) is 28.2 Å². The molecule has 0 unspecified atom stereocenters. The van der Waals surface area contributed by atoms with Crippen LogP contribution in [0.1, 0.15) is 10.4 Å². The minimum atomic E-state index is -0.992. The van der Waals surface area contributed by atoms with Gasteiger partial charge in [-0.05, 0) is 30.3 Å². The molecule has 0 amide bonds. The van der Waals surface area contributed by atoms with Gasteiger partial charge in [0.05, 0.1) is 18.4 Å². The fourth-order valence-corrected chi connectivity index (χ4v) is 3.55. The molecule has 0 aliphatic heterocycles. The number of rotatable bonds is 6. The molecule has 8 heteroatoms. The molecule has 0 bridgehead atoms. The van der Waals surface area contributed by atoms with Crippen LogP contribution in [0.3, 0.4) is 0 Å². The number of hydrogen-bond acceptors (Lipinski definition) is 7. The lowest BCUT2D eigenvalue weighted by molar-refractivity contribution is 0.0696. The third-order valence-corrected chi connectivity index (χ3v) is 4.91. The van der Waals surface area contributed by atoms with E-state index >= 15 is 0 Å². The van der Waals surface area contributed by atoms with Gasteiger partial charge < -0.3 is 14.6 Å². The maximum atomic E-state index is 11.0. The Balaban J connectivity index is 1.72. The van der Waals surface area contributed by atoms with Crippen molar-refractivity contribution < 1.29 is 14.6 Å². The van der Waals surface area contributed by atoms with E-state index in [-0.39, 0.29) is 5.56 Å². The molecule has 0 radical (unpaired) electrons. The van der Waals surface area contributed by atoms with E-state index in [0.717, 1.165) is 15.6 Å². The Morgan fingerprint density at radius 1 is 1.29 bits per heavy atom. The van der Waals surface area contributed by atoms with E-state index in [1.165, 1.54) is 31.2 Å². The predicted molar refractivity (Wildman–Crippen MR) is 94.8 cm³/mol. The third-order valence-electron chi connectivity index (χ3n) is 3.12. The second-order valence-corrected chi connectivity index (χ2v) is 6.34. The molecule has 3 rings (SSSR count). The summed E-state index contributed by atoms with van der Waals surface area (Å²) in [4.78, 5) is 19.6. The summed E-state index contributed by atoms with van der Waals surface area (Å²) in [6.07, 6.45) is 3.47. The minimum Gasteiger partial charge on any atom is -0.495 e. The first-order valence-corrected chi connectivity index (χ1v) is 8.57. The van der Waals surface area contributed by atoms with Crippen molar-refractivity contribution in [3.05, 3.63) is 53.7 Å². The second-order valence-electron chi connectivity index (χ2n) is 4.65. The lowest BCUT2D eigenvalue weighted by atomic mass is 10.2. The van der Waals surface area contributed by atoms with Crippen molar-refractivity contribution in [3.63, 3.8) is 0 Å². The number of nitrogens with zero attached hydrogens (tertiary/aromatic N) is 2. The molecular formula is C16H13N3O3S2. The van der Waals surface area contributed by atoms with Crippen molar-refractivity contribution in [3.8, 4) is 16.3 Å². The molecule has 0 saturated heterocycles. The van der Waals surface area contributed by atoms with Gasteiger partial charge in [0.25, 0.3) is 0 Å². The number of anilines is 1. The number of ether oxygens (including phenoxy) is 1. The quantitative estimate of drug-likeness (QED) is 0.643. The second kappa shape index (κ2) is 7.33. The number of pyridine rings is 1. The fourth-order valence-electron chi connectivity index (χ4n) is 1.95. The van der Waals surface area contributed by atoms with E-state index in [4.69, 9.17) is 9.84 Å². The van der Waals surface area contributed by atoms with Crippen LogP contribution in [0.2, 0.25) is 0 Å². The zero-order valence-electron chi connectivity index (χ0n) is 12.6. The molecule has 2 N–H and O–H groups in total. The Hall–Kier alpha value is -2.58. The standard InChI is InChI=1S/C16H13N3O3S2/c1-22-13-8-11(16(20)21)2-3-12(13)19-24-14-9-23-15(18-14)10-4-6-17-7-5-10/h2-9,19H,1H3,(H,20,21). The van der Waals surface area contributed by atoms with Gasteiger partial charge in [-0.3, -0.25) is 4.98 Å². The Kier molecular flexibility index (Phi) is 4.97. The molecule has 6 nitrogen and oxygen atoms in total. The first-order valence-electron chi connectivity index (χ1n) is 6.87. The zero-order valence-corrected chi connectivity index (χ0v) is 14.2. The highest BCUT2D eigenvalue weighted by Crippen LogP contribution is 2.32. The lowest BCUT2D eigenvalue weighted by Gasteiger charge is -2.10. The van der Waals surface area contributed by atoms with Crippen molar-refractivity contribution >= 4 is 34.9 Å². The minimum absolute atomic E-state index is 0.177. The monoisotopic (exact) mass is 359 g/mol. The molecule has 3 aromatic rings. The maximum absolute atomic E-state index is 11.0. The van der Waals surface area contributed by atoms with Crippen LogP contribution in [-0.2, 0) is 0 Å². The molecule has 0 spiro atoms. The molecule has 0 atom stereocenters. The molecule has 1 aromatic carbocycles. The van der Waals surface area contributed by atoms with Crippen molar-refractivity contribution in [1.29, 1.82) is 0 Å². The summed E-state index contributed by atoms with van der Waals surface area (Å²) in [5.41, 5.74) is 1.88. The largest absolute Gasteiger partial charge is 0.495 e. The van der Waals surface area contributed by atoms with Gasteiger partial charge in [0.1, 0.15) is 15.8 Å². The third kappa shape index (κ3) is 3.66. The highest BCUT2D eigenvalue weighted by molar-refractivity contribution is 8.00. The van der Waals surface area contributed by atoms with Crippen molar-refractivity contribution in [1.82, 2.24) is 9.97 Å². The normalized spacial score (nSPS) is 10.4. The van der Waals surface area contributed by atoms with Gasteiger partial charge in [0, 0.05) is 35.3 Å². The highest BCUT2D eigenvalue weighted by Gasteiger charge is 2.10. The van der Waals surface area contributed by atoms with E-state index in [2.05, 4.69) is 14.7 Å². The summed E-state index contributed by atoms with van der Waals surface area (Å²) in [5.74, 6) is -0.527. The van der Waals surface area contributed by atoms with Crippen LogP contribution in [0.4, 0.5) is 5.69 Å². The smallest absolute Gasteiger partial charge is 0.335 e. The number of hydrogen-bond donors (Lipinski definition) is 2. The van der Waals surface area contributed by atoms with Gasteiger partial charge in [-0.1, -0.05) is 0 Å². The highest BCUT2D eigenvalue weighted by atomic mass is 32.2. The number of methoxy groups -OCH3 is 1. The van der Waals surface area contributed by atoms with Gasteiger partial charge in [0.15, 0.2) is 0 Å². The van der Waals surface area contributed by atoms with Crippen LogP contribution in [0.15, 0.2) is 53.1 Å². The van der Waals surface area contributed by atoms with Crippen molar-refractivity contribution in [2.75, 3.05) is 11.8 Å². The molecular weight excluding hydrogens is 346 g/mol. The van der Waals surface area contributed by atoms with Crippen LogP contribution >= 0.6 is 23.3 Å². The Morgan fingerprint density at radius 3 is 2.79 bits per heavy atom. The van der Waals surface area contributed by atoms with E-state index in [1.54, 1.807) is 29.8 Å². The number of carbonyl (C=O) groups is 1. The first-order chi connectivity index (χ1) is 11.7. The SMILES string of the molecule is COc1cc(C(=O)O)ccc1NSc1csc(-c2ccncc2)n1. The molecule has 0 aliphatic rings. The molecule has 0 saturated carbocycles. The molecule has 2 aromatic heterocycles. The first kappa shape index (κ1) is 16.3. The number of carboxylic acids is 1. The van der Waals surface area contributed by atoms with E-state index < -0.39 is 5.97 Å². The average molecular weight is 359 g/mol. The number of carboxylic acid groups (broad SMARTS) is 1. The van der Waals surface area contributed by atoms with Gasteiger partial charge >= 0.3 is 5.97 Å². The number of benzene rings is 1. The van der Waals surface area contributed by atoms with Crippen LogP contribution < -0.4 is 9.46 Å². The van der Waals surface area contributed by atoms with E-state index in [9.17, 15) is 4.79 Å². The Bertz CT molecular complexity index is 853. The Labute approximate surface area is 146 Å². The molecule has 0 fully saturated rings. The topological polar surface area (TPSA) is 84.3 Å². The number of nitrogens with one attached hydrogen (secondary N) is 1. The van der Waals surface area contributed by atoms with Gasteiger partial charge in [-0.15, -0.1) is 11.3 Å². The lowest BCUT2D eigenvalue weighted by Crippen LogP contribution is -1.99. The number of thiazole rings is 1. The summed E-state index contributed by atoms with van der Waals surface area (Å²) in [7, 11) is 1.50. The predicted octanol–water partition coefficient (Wildman–Crippen LogP) is 4.03. The summed E-state index contributed by atoms with van der Waals surface area (Å²) in [6.45, 7) is 0. The summed E-state index contributed by atoms with van der Waals surface area (Å²) in [6, 6.07) is 8.50. The van der Waals surface area contributed by atoms with Crippen LogP contribution in [0.25, 0.3) is 10.6 Å². The van der Waals surface area contributed by atoms with Gasteiger partial charge in [-0.25, -0.2) is 9.78 Å². The van der Waals surface area contributed by atoms with Crippen molar-refractivity contribution in [2.24, 2.45) is 0 Å². The zero-order chi connectivity index (χ0) is 16.9. The van der Waals surface area contributed by atoms with E-state index in [0.29, 0.717) is 11.4 Å². The van der Waals surface area contributed by atoms with Gasteiger partial charge in [0.2, 0.25) is 0 Å². The number of aromatic carboxylic acids is 1. The maximum Gasteiger partial charge on any atom is 0.335 e. The summed E-state index contributed by atoms with van der Waals surface area (Å²) in [5, 5.41) is 12.7. The summed E-state index contributed by atoms with van der Waals surface area (Å²) < 4.78 is 8.38. The fraction of sp³-hybridized carbons (Fsp3) is 0.0625. The van der Waals surface area contributed by atoms with Crippen LogP contribution in [0.5, 0.6) is 5.75 Å². The number of aromatic nitrogens is 2. The average Bonchev–Trinajstić information content (AvgIpc) is 3.09. The summed E-state index contributed by atoms with van der Waals surface area (Å²) >= 11 is 2.88.